The first-order chi connectivity index (χ1) is 23.9. The van der Waals surface area contributed by atoms with Crippen molar-refractivity contribution in [2.24, 2.45) is 0 Å². The fourth-order valence-electron chi connectivity index (χ4n) is 7.70. The Morgan fingerprint density at radius 2 is 1.35 bits per heavy atom. The van der Waals surface area contributed by atoms with E-state index in [2.05, 4.69) is 113 Å². The van der Waals surface area contributed by atoms with Crippen LogP contribution in [0.5, 0.6) is 11.5 Å². The third-order valence-corrected chi connectivity index (χ3v) is 9.85. The zero-order valence-corrected chi connectivity index (χ0v) is 29.7. The van der Waals surface area contributed by atoms with Crippen molar-refractivity contribution in [3.63, 3.8) is 0 Å². The van der Waals surface area contributed by atoms with Crippen molar-refractivity contribution in [3.05, 3.63) is 131 Å². The number of benzene rings is 4. The molecule has 0 bridgehead atoms. The van der Waals surface area contributed by atoms with E-state index in [1.807, 2.05) is 35.3 Å². The van der Waals surface area contributed by atoms with Crippen molar-refractivity contribution < 1.29 is 4.74 Å². The predicted octanol–water partition coefficient (Wildman–Crippen LogP) is 11.6. The first kappa shape index (κ1) is 32.4. The van der Waals surface area contributed by atoms with Crippen LogP contribution in [0.4, 0.5) is 0 Å². The number of hydrogen-bond donors (Lipinski definition) is 0. The third-order valence-electron chi connectivity index (χ3n) is 9.85. The quantitative estimate of drug-likeness (QED) is 0.140. The van der Waals surface area contributed by atoms with E-state index in [4.69, 9.17) is 14.8 Å². The van der Waals surface area contributed by atoms with Gasteiger partial charge < -0.3 is 4.74 Å². The molecule has 0 spiro atoms. The van der Waals surface area contributed by atoms with Crippen LogP contribution in [0.1, 0.15) is 73.4 Å². The van der Waals surface area contributed by atoms with Crippen LogP contribution in [0.3, 0.4) is 0 Å². The lowest BCUT2D eigenvalue weighted by Gasteiger charge is -2.23. The topological polar surface area (TPSA) is 44.9 Å². The normalized spacial score (nSPS) is 11.6. The summed E-state index contributed by atoms with van der Waals surface area (Å²) in [4.78, 5) is 4.73. The van der Waals surface area contributed by atoms with Crippen LogP contribution >= 0.6 is 0 Å². The zero-order valence-electron chi connectivity index (χ0n) is 29.7. The summed E-state index contributed by atoms with van der Waals surface area (Å²) in [5.74, 6) is 2.43. The maximum absolute atomic E-state index is 6.54. The molecule has 7 aromatic rings. The number of para-hydroxylation sites is 1. The Balaban J connectivity index is 1.24. The first-order valence-electron chi connectivity index (χ1n) is 17.8. The Bertz CT molecular complexity index is 2260. The maximum Gasteiger partial charge on any atom is 0.137 e. The number of aromatic nitrogens is 4. The number of aryl methyl sites for hydroxylation is 1. The van der Waals surface area contributed by atoms with E-state index in [-0.39, 0.29) is 0 Å². The van der Waals surface area contributed by atoms with Crippen molar-refractivity contribution in [2.75, 3.05) is 0 Å². The van der Waals surface area contributed by atoms with Crippen molar-refractivity contribution >= 4 is 21.8 Å². The molecule has 0 aliphatic heterocycles. The van der Waals surface area contributed by atoms with E-state index < -0.39 is 0 Å². The highest BCUT2D eigenvalue weighted by Gasteiger charge is 2.21. The van der Waals surface area contributed by atoms with E-state index in [1.54, 1.807) is 16.7 Å². The van der Waals surface area contributed by atoms with Crippen molar-refractivity contribution in [1.29, 1.82) is 0 Å². The maximum atomic E-state index is 6.54. The second kappa shape index (κ2) is 13.8. The molecule has 0 aliphatic carbocycles. The molecule has 5 nitrogen and oxygen atoms in total. The molecule has 3 heterocycles. The van der Waals surface area contributed by atoms with E-state index in [0.717, 1.165) is 66.1 Å². The molecule has 4 aromatic carbocycles. The monoisotopic (exact) mass is 646 g/mol. The third kappa shape index (κ3) is 6.03. The van der Waals surface area contributed by atoms with Gasteiger partial charge in [-0.15, -0.1) is 0 Å². The van der Waals surface area contributed by atoms with E-state index in [9.17, 15) is 0 Å². The minimum Gasteiger partial charge on any atom is -0.457 e. The van der Waals surface area contributed by atoms with Crippen molar-refractivity contribution in [2.45, 2.75) is 80.1 Å². The Hall–Kier alpha value is -5.16. The lowest BCUT2D eigenvalue weighted by Crippen LogP contribution is -2.08. The molecular weight excluding hydrogens is 601 g/mol. The smallest absolute Gasteiger partial charge is 0.137 e. The molecule has 0 saturated carbocycles. The van der Waals surface area contributed by atoms with Gasteiger partial charge in [-0.1, -0.05) is 64.3 Å². The number of ether oxygens (including phenoxy) is 1. The molecule has 0 amide bonds. The highest BCUT2D eigenvalue weighted by molar-refractivity contribution is 6.09. The molecule has 0 saturated heterocycles. The summed E-state index contributed by atoms with van der Waals surface area (Å²) >= 11 is 0. The van der Waals surface area contributed by atoms with Gasteiger partial charge in [-0.2, -0.15) is 5.10 Å². The Labute approximate surface area is 290 Å². The molecule has 0 fully saturated rings. The van der Waals surface area contributed by atoms with Crippen LogP contribution in [0.2, 0.25) is 0 Å². The minimum absolute atomic E-state index is 0.761. The average Bonchev–Trinajstić information content (AvgIpc) is 3.72. The van der Waals surface area contributed by atoms with Gasteiger partial charge in [0.2, 0.25) is 0 Å². The summed E-state index contributed by atoms with van der Waals surface area (Å²) in [7, 11) is 0. The fraction of sp³-hybridized carbons (Fsp3) is 0.273. The van der Waals surface area contributed by atoms with Crippen LogP contribution in [-0.4, -0.2) is 19.3 Å². The number of pyridine rings is 1. The second-order valence-corrected chi connectivity index (χ2v) is 13.3. The van der Waals surface area contributed by atoms with Gasteiger partial charge in [-0.05, 0) is 121 Å². The molecule has 248 valence electrons. The molecule has 0 radical (unpaired) electrons. The van der Waals surface area contributed by atoms with Gasteiger partial charge >= 0.3 is 0 Å². The SMILES string of the molecule is CCCc1c(C)c(-c2cnn(-c3cccc(Oc4ccc5c6ccccc6n(-c6cc(C)ccn6)c5c4)c3)c2)c(C)c(CCC)c1CCC. The van der Waals surface area contributed by atoms with Crippen LogP contribution in [-0.2, 0) is 19.3 Å². The first-order valence-corrected chi connectivity index (χ1v) is 17.8. The van der Waals surface area contributed by atoms with E-state index in [1.165, 1.54) is 45.0 Å². The van der Waals surface area contributed by atoms with Gasteiger partial charge in [-0.3, -0.25) is 4.57 Å². The minimum atomic E-state index is 0.761. The van der Waals surface area contributed by atoms with Crippen molar-refractivity contribution in [1.82, 2.24) is 19.3 Å². The molecule has 0 atom stereocenters. The number of fused-ring (bicyclic) bond motifs is 3. The van der Waals surface area contributed by atoms with Gasteiger partial charge in [0, 0.05) is 40.9 Å². The molecule has 0 unspecified atom stereocenters. The Morgan fingerprint density at radius 1 is 0.653 bits per heavy atom. The van der Waals surface area contributed by atoms with Crippen LogP contribution in [0.15, 0.2) is 97.5 Å². The lowest BCUT2D eigenvalue weighted by molar-refractivity contribution is 0.483. The standard InChI is InChI=1S/C44H46N4O/c1-7-13-36-30(5)44(31(6)37(14-8-2)38(36)15-9-3)32-27-46-47(28-32)33-16-12-17-34(25-33)49-35-20-21-40-39-18-10-11-19-41(39)48(42(40)26-35)43-24-29(4)22-23-45-43/h10-12,16-28H,7-9,13-15H2,1-6H3. The summed E-state index contributed by atoms with van der Waals surface area (Å²) in [5.41, 5.74) is 14.3. The Kier molecular flexibility index (Phi) is 9.09. The predicted molar refractivity (Wildman–Crippen MR) is 204 cm³/mol. The largest absolute Gasteiger partial charge is 0.457 e. The van der Waals surface area contributed by atoms with Gasteiger partial charge in [0.25, 0.3) is 0 Å². The summed E-state index contributed by atoms with van der Waals surface area (Å²) in [6, 6.07) is 27.2. The lowest BCUT2D eigenvalue weighted by atomic mass is 9.81. The van der Waals surface area contributed by atoms with Crippen LogP contribution in [0, 0.1) is 20.8 Å². The average molecular weight is 647 g/mol. The highest BCUT2D eigenvalue weighted by Crippen LogP contribution is 2.38. The molecule has 7 rings (SSSR count). The number of nitrogens with zero attached hydrogens (tertiary/aromatic N) is 4. The van der Waals surface area contributed by atoms with Crippen LogP contribution < -0.4 is 4.74 Å². The van der Waals surface area contributed by atoms with Gasteiger partial charge in [0.15, 0.2) is 0 Å². The zero-order chi connectivity index (χ0) is 34.1. The molecular formula is C44H46N4O. The van der Waals surface area contributed by atoms with Gasteiger partial charge in [0.05, 0.1) is 22.9 Å². The van der Waals surface area contributed by atoms with E-state index >= 15 is 0 Å². The van der Waals surface area contributed by atoms with Gasteiger partial charge in [0.1, 0.15) is 17.3 Å². The molecule has 0 N–H and O–H groups in total. The summed E-state index contributed by atoms with van der Waals surface area (Å²) in [6.07, 6.45) is 12.9. The molecule has 49 heavy (non-hydrogen) atoms. The van der Waals surface area contributed by atoms with Crippen LogP contribution in [0.25, 0.3) is 44.4 Å². The van der Waals surface area contributed by atoms with Crippen molar-refractivity contribution in [3.8, 4) is 34.1 Å². The fourth-order valence-corrected chi connectivity index (χ4v) is 7.70. The van der Waals surface area contributed by atoms with Gasteiger partial charge in [-0.25, -0.2) is 9.67 Å². The summed E-state index contributed by atoms with van der Waals surface area (Å²) < 4.78 is 10.7. The molecule has 5 heteroatoms. The molecule has 3 aromatic heterocycles. The summed E-state index contributed by atoms with van der Waals surface area (Å²) in [5, 5.41) is 7.23. The molecule has 0 aliphatic rings. The number of rotatable bonds is 11. The number of hydrogen-bond acceptors (Lipinski definition) is 3. The Morgan fingerprint density at radius 3 is 2.08 bits per heavy atom. The summed E-state index contributed by atoms with van der Waals surface area (Å²) in [6.45, 7) is 13.6. The second-order valence-electron chi connectivity index (χ2n) is 13.3. The van der Waals surface area contributed by atoms with E-state index in [0.29, 0.717) is 0 Å². The highest BCUT2D eigenvalue weighted by atomic mass is 16.5.